The van der Waals surface area contributed by atoms with Crippen LogP contribution >= 0.6 is 0 Å². The van der Waals surface area contributed by atoms with Crippen LogP contribution in [0.5, 0.6) is 0 Å². The predicted molar refractivity (Wildman–Crippen MR) is 83.4 cm³/mol. The summed E-state index contributed by atoms with van der Waals surface area (Å²) in [6, 6.07) is 6.22. The second-order valence-corrected chi connectivity index (χ2v) is 6.24. The number of morpholine rings is 1. The molecule has 0 bridgehead atoms. The molecule has 118 valence electrons. The molecule has 1 heterocycles. The van der Waals surface area contributed by atoms with Crippen LogP contribution in [-0.4, -0.2) is 53.6 Å². The minimum absolute atomic E-state index is 0.0560. The van der Waals surface area contributed by atoms with Crippen molar-refractivity contribution in [2.24, 2.45) is 0 Å². The fourth-order valence-electron chi connectivity index (χ4n) is 3.10. The van der Waals surface area contributed by atoms with Gasteiger partial charge in [0.2, 0.25) is 0 Å². The molecule has 4 nitrogen and oxygen atoms in total. The van der Waals surface area contributed by atoms with Gasteiger partial charge in [0, 0.05) is 19.6 Å². The van der Waals surface area contributed by atoms with E-state index in [9.17, 15) is 10.2 Å². The maximum atomic E-state index is 10.4. The van der Waals surface area contributed by atoms with Crippen LogP contribution in [-0.2, 0) is 4.74 Å². The first-order chi connectivity index (χ1) is 9.97. The van der Waals surface area contributed by atoms with Crippen molar-refractivity contribution in [2.45, 2.75) is 45.5 Å². The molecule has 0 spiro atoms. The third kappa shape index (κ3) is 4.78. The topological polar surface area (TPSA) is 52.9 Å². The monoisotopic (exact) mass is 293 g/mol. The van der Waals surface area contributed by atoms with Crippen LogP contribution in [0.4, 0.5) is 0 Å². The Labute approximate surface area is 127 Å². The number of ether oxygens (including phenoxy) is 1. The molecule has 3 unspecified atom stereocenters. The van der Waals surface area contributed by atoms with Crippen LogP contribution in [0.15, 0.2) is 18.2 Å². The predicted octanol–water partition coefficient (Wildman–Crippen LogP) is 1.81. The maximum absolute atomic E-state index is 10.4. The van der Waals surface area contributed by atoms with Crippen LogP contribution in [0.1, 0.15) is 36.1 Å². The summed E-state index contributed by atoms with van der Waals surface area (Å²) in [6.07, 6.45) is 0.295. The summed E-state index contributed by atoms with van der Waals surface area (Å²) < 4.78 is 5.63. The average molecular weight is 293 g/mol. The fourth-order valence-corrected chi connectivity index (χ4v) is 3.10. The summed E-state index contributed by atoms with van der Waals surface area (Å²) in [5, 5.41) is 19.6. The van der Waals surface area contributed by atoms with Crippen molar-refractivity contribution >= 4 is 0 Å². The lowest BCUT2D eigenvalue weighted by Crippen LogP contribution is -2.48. The third-order valence-electron chi connectivity index (χ3n) is 3.95. The Kier molecular flexibility index (Phi) is 5.76. The first kappa shape index (κ1) is 16.4. The van der Waals surface area contributed by atoms with E-state index in [4.69, 9.17) is 4.74 Å². The Morgan fingerprint density at radius 2 is 1.90 bits per heavy atom. The van der Waals surface area contributed by atoms with Crippen LogP contribution in [0.3, 0.4) is 0 Å². The van der Waals surface area contributed by atoms with E-state index >= 15 is 0 Å². The van der Waals surface area contributed by atoms with Gasteiger partial charge >= 0.3 is 0 Å². The zero-order valence-electron chi connectivity index (χ0n) is 13.2. The van der Waals surface area contributed by atoms with E-state index in [1.807, 2.05) is 6.92 Å². The number of hydrogen-bond acceptors (Lipinski definition) is 4. The van der Waals surface area contributed by atoms with Gasteiger partial charge in [-0.05, 0) is 32.8 Å². The van der Waals surface area contributed by atoms with Crippen LogP contribution < -0.4 is 0 Å². The zero-order chi connectivity index (χ0) is 15.4. The van der Waals surface area contributed by atoms with Crippen LogP contribution in [0, 0.1) is 13.8 Å². The van der Waals surface area contributed by atoms with Gasteiger partial charge in [-0.1, -0.05) is 29.3 Å². The third-order valence-corrected chi connectivity index (χ3v) is 3.95. The largest absolute Gasteiger partial charge is 0.394 e. The van der Waals surface area contributed by atoms with E-state index < -0.39 is 6.10 Å². The minimum Gasteiger partial charge on any atom is -0.394 e. The summed E-state index contributed by atoms with van der Waals surface area (Å²) in [4.78, 5) is 2.26. The Hall–Kier alpha value is -0.940. The Bertz CT molecular complexity index is 443. The van der Waals surface area contributed by atoms with Crippen molar-refractivity contribution < 1.29 is 14.9 Å². The number of aliphatic hydroxyl groups excluding tert-OH is 2. The van der Waals surface area contributed by atoms with Crippen molar-refractivity contribution in [1.82, 2.24) is 4.90 Å². The van der Waals surface area contributed by atoms with E-state index in [1.54, 1.807) is 0 Å². The summed E-state index contributed by atoms with van der Waals surface area (Å²) in [5.41, 5.74) is 3.36. The molecule has 2 N–H and O–H groups in total. The molecule has 0 radical (unpaired) electrons. The van der Waals surface area contributed by atoms with Crippen molar-refractivity contribution in [3.8, 4) is 0 Å². The Balaban J connectivity index is 1.89. The van der Waals surface area contributed by atoms with Gasteiger partial charge in [0.15, 0.2) is 0 Å². The molecule has 0 aliphatic carbocycles. The Morgan fingerprint density at radius 3 is 2.52 bits per heavy atom. The second kappa shape index (κ2) is 7.36. The number of aliphatic hydroxyl groups is 2. The summed E-state index contributed by atoms with van der Waals surface area (Å²) in [7, 11) is 0. The second-order valence-electron chi connectivity index (χ2n) is 6.24. The highest BCUT2D eigenvalue weighted by molar-refractivity contribution is 5.29. The van der Waals surface area contributed by atoms with Gasteiger partial charge < -0.3 is 14.9 Å². The fraction of sp³-hybridized carbons (Fsp3) is 0.647. The molecule has 1 saturated heterocycles. The SMILES string of the molecule is Cc1cc(C)cc(C(O)CCN2CC(C)OC(CO)C2)c1. The van der Waals surface area contributed by atoms with Crippen LogP contribution in [0.25, 0.3) is 0 Å². The normalized spacial score (nSPS) is 25.0. The molecule has 1 aliphatic rings. The van der Waals surface area contributed by atoms with Gasteiger partial charge in [-0.15, -0.1) is 0 Å². The summed E-state index contributed by atoms with van der Waals surface area (Å²) in [5.74, 6) is 0. The molecule has 0 amide bonds. The highest BCUT2D eigenvalue weighted by Crippen LogP contribution is 2.21. The molecule has 1 fully saturated rings. The molecule has 1 aliphatic heterocycles. The lowest BCUT2D eigenvalue weighted by Gasteiger charge is -2.36. The molecule has 21 heavy (non-hydrogen) atoms. The van der Waals surface area contributed by atoms with Crippen molar-refractivity contribution in [1.29, 1.82) is 0 Å². The van der Waals surface area contributed by atoms with Crippen molar-refractivity contribution in [3.63, 3.8) is 0 Å². The average Bonchev–Trinajstić information content (AvgIpc) is 2.43. The lowest BCUT2D eigenvalue weighted by molar-refractivity contribution is -0.0967. The number of nitrogens with zero attached hydrogens (tertiary/aromatic N) is 1. The maximum Gasteiger partial charge on any atom is 0.0936 e. The molecule has 1 aromatic rings. The van der Waals surface area contributed by atoms with Gasteiger partial charge in [0.05, 0.1) is 24.9 Å². The number of benzene rings is 1. The van der Waals surface area contributed by atoms with Gasteiger partial charge in [0.25, 0.3) is 0 Å². The van der Waals surface area contributed by atoms with Crippen LogP contribution in [0.2, 0.25) is 0 Å². The number of aryl methyl sites for hydroxylation is 2. The van der Waals surface area contributed by atoms with Crippen molar-refractivity contribution in [3.05, 3.63) is 34.9 Å². The molecule has 0 aromatic heterocycles. The van der Waals surface area contributed by atoms with Gasteiger partial charge in [-0.25, -0.2) is 0 Å². The molecule has 1 aromatic carbocycles. The van der Waals surface area contributed by atoms with E-state index in [0.717, 1.165) is 25.2 Å². The molecular weight excluding hydrogens is 266 g/mol. The van der Waals surface area contributed by atoms with E-state index in [1.165, 1.54) is 11.1 Å². The number of rotatable bonds is 5. The summed E-state index contributed by atoms with van der Waals surface area (Å²) >= 11 is 0. The molecule has 4 heteroatoms. The highest BCUT2D eigenvalue weighted by atomic mass is 16.5. The van der Waals surface area contributed by atoms with Gasteiger partial charge in [0.1, 0.15) is 0 Å². The lowest BCUT2D eigenvalue weighted by atomic mass is 10.0. The standard InChI is InChI=1S/C17H27NO3/c1-12-6-13(2)8-15(7-12)17(20)4-5-18-9-14(3)21-16(10-18)11-19/h6-8,14,16-17,19-20H,4-5,9-11H2,1-3H3. The highest BCUT2D eigenvalue weighted by Gasteiger charge is 2.24. The Morgan fingerprint density at radius 1 is 1.24 bits per heavy atom. The smallest absolute Gasteiger partial charge is 0.0936 e. The van der Waals surface area contributed by atoms with E-state index in [2.05, 4.69) is 36.9 Å². The zero-order valence-corrected chi connectivity index (χ0v) is 13.2. The van der Waals surface area contributed by atoms with Gasteiger partial charge in [-0.2, -0.15) is 0 Å². The molecule has 2 rings (SSSR count). The number of hydrogen-bond donors (Lipinski definition) is 2. The first-order valence-corrected chi connectivity index (χ1v) is 7.73. The molecule has 3 atom stereocenters. The first-order valence-electron chi connectivity index (χ1n) is 7.73. The minimum atomic E-state index is -0.436. The van der Waals surface area contributed by atoms with E-state index in [0.29, 0.717) is 6.42 Å². The molecule has 0 saturated carbocycles. The van der Waals surface area contributed by atoms with E-state index in [-0.39, 0.29) is 18.8 Å². The molecular formula is C17H27NO3. The van der Waals surface area contributed by atoms with Crippen molar-refractivity contribution in [2.75, 3.05) is 26.2 Å². The van der Waals surface area contributed by atoms with Gasteiger partial charge in [-0.3, -0.25) is 4.90 Å². The summed E-state index contributed by atoms with van der Waals surface area (Å²) in [6.45, 7) is 8.60. The quantitative estimate of drug-likeness (QED) is 0.869.